The molecule has 0 saturated carbocycles. The van der Waals surface area contributed by atoms with Crippen LogP contribution in [0.1, 0.15) is 45.2 Å². The number of esters is 1. The summed E-state index contributed by atoms with van der Waals surface area (Å²) in [7, 11) is 0. The van der Waals surface area contributed by atoms with E-state index in [4.69, 9.17) is 4.74 Å². The number of carbonyl (C=O) groups is 2. The van der Waals surface area contributed by atoms with Gasteiger partial charge in [0.2, 0.25) is 5.91 Å². The van der Waals surface area contributed by atoms with Crippen molar-refractivity contribution in [2.75, 3.05) is 26.2 Å². The van der Waals surface area contributed by atoms with Crippen molar-refractivity contribution in [2.45, 2.75) is 39.7 Å². The normalized spacial score (nSPS) is 19.4. The summed E-state index contributed by atoms with van der Waals surface area (Å²) in [5.74, 6) is 0.0560. The van der Waals surface area contributed by atoms with Crippen LogP contribution in [0.3, 0.4) is 0 Å². The zero-order chi connectivity index (χ0) is 18.2. The van der Waals surface area contributed by atoms with Gasteiger partial charge >= 0.3 is 5.97 Å². The molecule has 2 atom stereocenters. The van der Waals surface area contributed by atoms with Gasteiger partial charge in [0, 0.05) is 6.54 Å². The van der Waals surface area contributed by atoms with Crippen molar-refractivity contribution in [3.63, 3.8) is 0 Å². The van der Waals surface area contributed by atoms with Crippen LogP contribution < -0.4 is 5.32 Å². The van der Waals surface area contributed by atoms with Crippen LogP contribution in [0.4, 0.5) is 0 Å². The lowest BCUT2D eigenvalue weighted by atomic mass is 9.96. The van der Waals surface area contributed by atoms with Crippen molar-refractivity contribution < 1.29 is 14.3 Å². The minimum atomic E-state index is -0.142. The number of amides is 1. The zero-order valence-corrected chi connectivity index (χ0v) is 15.5. The fourth-order valence-corrected chi connectivity index (χ4v) is 3.37. The van der Waals surface area contributed by atoms with E-state index in [1.165, 1.54) is 0 Å². The SMILES string of the molecule is CCOC(=O)C1CCCN(CC(=O)NC(c2ccccc2)C(C)C)C1. The average Bonchev–Trinajstić information content (AvgIpc) is 2.60. The second kappa shape index (κ2) is 9.56. The van der Waals surface area contributed by atoms with E-state index in [-0.39, 0.29) is 23.8 Å². The molecule has 2 unspecified atom stereocenters. The van der Waals surface area contributed by atoms with Crippen molar-refractivity contribution >= 4 is 11.9 Å². The molecule has 5 heteroatoms. The molecule has 138 valence electrons. The van der Waals surface area contributed by atoms with Crippen LogP contribution in [0.5, 0.6) is 0 Å². The Bertz CT molecular complexity index is 559. The molecular formula is C20H30N2O3. The molecule has 1 saturated heterocycles. The van der Waals surface area contributed by atoms with Gasteiger partial charge in [-0.15, -0.1) is 0 Å². The molecule has 0 radical (unpaired) electrons. The zero-order valence-electron chi connectivity index (χ0n) is 15.5. The van der Waals surface area contributed by atoms with E-state index in [0.29, 0.717) is 25.6 Å². The molecule has 0 aliphatic carbocycles. The van der Waals surface area contributed by atoms with Gasteiger partial charge in [0.05, 0.1) is 25.1 Å². The summed E-state index contributed by atoms with van der Waals surface area (Å²) in [6, 6.07) is 10.0. The van der Waals surface area contributed by atoms with Gasteiger partial charge in [-0.05, 0) is 37.8 Å². The molecular weight excluding hydrogens is 316 g/mol. The molecule has 1 N–H and O–H groups in total. The van der Waals surface area contributed by atoms with Crippen LogP contribution in [0.15, 0.2) is 30.3 Å². The number of carbonyl (C=O) groups excluding carboxylic acids is 2. The fraction of sp³-hybridized carbons (Fsp3) is 0.600. The summed E-state index contributed by atoms with van der Waals surface area (Å²) < 4.78 is 5.12. The number of nitrogens with one attached hydrogen (secondary N) is 1. The number of hydrogen-bond acceptors (Lipinski definition) is 4. The van der Waals surface area contributed by atoms with E-state index in [0.717, 1.165) is 24.9 Å². The second-order valence-corrected chi connectivity index (χ2v) is 7.03. The van der Waals surface area contributed by atoms with Gasteiger partial charge < -0.3 is 10.1 Å². The Kier molecular flexibility index (Phi) is 7.44. The maximum atomic E-state index is 12.5. The number of likely N-dealkylation sites (tertiary alicyclic amines) is 1. The van der Waals surface area contributed by atoms with Crippen molar-refractivity contribution in [2.24, 2.45) is 11.8 Å². The van der Waals surface area contributed by atoms with Crippen LogP contribution in [0.2, 0.25) is 0 Å². The first kappa shape index (κ1) is 19.4. The molecule has 2 rings (SSSR count). The molecule has 0 spiro atoms. The first-order valence-corrected chi connectivity index (χ1v) is 9.24. The Hall–Kier alpha value is -1.88. The van der Waals surface area contributed by atoms with Gasteiger partial charge in [-0.2, -0.15) is 0 Å². The Morgan fingerprint density at radius 1 is 1.28 bits per heavy atom. The van der Waals surface area contributed by atoms with Crippen molar-refractivity contribution in [3.05, 3.63) is 35.9 Å². The molecule has 1 aromatic rings. The monoisotopic (exact) mass is 346 g/mol. The molecule has 1 aromatic carbocycles. The highest BCUT2D eigenvalue weighted by Crippen LogP contribution is 2.22. The van der Waals surface area contributed by atoms with E-state index in [1.807, 2.05) is 37.3 Å². The average molecular weight is 346 g/mol. The van der Waals surface area contributed by atoms with Gasteiger partial charge in [0.25, 0.3) is 0 Å². The third-order valence-corrected chi connectivity index (χ3v) is 4.63. The van der Waals surface area contributed by atoms with Crippen LogP contribution in [0.25, 0.3) is 0 Å². The number of piperidine rings is 1. The maximum absolute atomic E-state index is 12.5. The van der Waals surface area contributed by atoms with Crippen molar-refractivity contribution in [1.29, 1.82) is 0 Å². The number of hydrogen-bond donors (Lipinski definition) is 1. The predicted molar refractivity (Wildman–Crippen MR) is 98.0 cm³/mol. The fourth-order valence-electron chi connectivity index (χ4n) is 3.37. The maximum Gasteiger partial charge on any atom is 0.310 e. The molecule has 25 heavy (non-hydrogen) atoms. The molecule has 1 aliphatic heterocycles. The summed E-state index contributed by atoms with van der Waals surface area (Å²) in [6.07, 6.45) is 1.76. The summed E-state index contributed by atoms with van der Waals surface area (Å²) in [5.41, 5.74) is 1.12. The van der Waals surface area contributed by atoms with E-state index in [2.05, 4.69) is 24.1 Å². The summed E-state index contributed by atoms with van der Waals surface area (Å²) >= 11 is 0. The Balaban J connectivity index is 1.91. The first-order chi connectivity index (χ1) is 12.0. The standard InChI is InChI=1S/C20H30N2O3/c1-4-25-20(24)17-11-8-12-22(13-17)14-18(23)21-19(15(2)3)16-9-6-5-7-10-16/h5-7,9-10,15,17,19H,4,8,11-14H2,1-3H3,(H,21,23). The highest BCUT2D eigenvalue weighted by molar-refractivity contribution is 5.79. The number of ether oxygens (including phenoxy) is 1. The Morgan fingerprint density at radius 3 is 2.64 bits per heavy atom. The van der Waals surface area contributed by atoms with E-state index in [9.17, 15) is 9.59 Å². The number of nitrogens with zero attached hydrogens (tertiary/aromatic N) is 1. The molecule has 0 aromatic heterocycles. The molecule has 0 bridgehead atoms. The molecule has 1 aliphatic rings. The van der Waals surface area contributed by atoms with Crippen LogP contribution >= 0.6 is 0 Å². The quantitative estimate of drug-likeness (QED) is 0.771. The van der Waals surface area contributed by atoms with E-state index >= 15 is 0 Å². The van der Waals surface area contributed by atoms with Crippen molar-refractivity contribution in [3.8, 4) is 0 Å². The summed E-state index contributed by atoms with van der Waals surface area (Å²) in [4.78, 5) is 26.5. The topological polar surface area (TPSA) is 58.6 Å². The molecule has 1 heterocycles. The van der Waals surface area contributed by atoms with Crippen LogP contribution in [-0.4, -0.2) is 43.0 Å². The van der Waals surface area contributed by atoms with Gasteiger partial charge in [-0.25, -0.2) is 0 Å². The van der Waals surface area contributed by atoms with Gasteiger partial charge in [-0.1, -0.05) is 44.2 Å². The largest absolute Gasteiger partial charge is 0.466 e. The Morgan fingerprint density at radius 2 is 2.00 bits per heavy atom. The first-order valence-electron chi connectivity index (χ1n) is 9.24. The number of benzene rings is 1. The van der Waals surface area contributed by atoms with E-state index in [1.54, 1.807) is 0 Å². The Labute approximate surface area is 150 Å². The van der Waals surface area contributed by atoms with Gasteiger partial charge in [0.15, 0.2) is 0 Å². The number of rotatable bonds is 7. The summed E-state index contributed by atoms with van der Waals surface area (Å²) in [6.45, 7) is 8.21. The van der Waals surface area contributed by atoms with Crippen molar-refractivity contribution in [1.82, 2.24) is 10.2 Å². The van der Waals surface area contributed by atoms with Gasteiger partial charge in [0.1, 0.15) is 0 Å². The third kappa shape index (κ3) is 5.85. The molecule has 5 nitrogen and oxygen atoms in total. The summed E-state index contributed by atoms with van der Waals surface area (Å²) in [5, 5.41) is 3.15. The predicted octanol–water partition coefficient (Wildman–Crippen LogP) is 2.78. The third-order valence-electron chi connectivity index (χ3n) is 4.63. The minimum absolute atomic E-state index is 0.000607. The lowest BCUT2D eigenvalue weighted by Gasteiger charge is -2.32. The lowest BCUT2D eigenvalue weighted by molar-refractivity contribution is -0.150. The minimum Gasteiger partial charge on any atom is -0.466 e. The molecule has 1 fully saturated rings. The lowest BCUT2D eigenvalue weighted by Crippen LogP contribution is -2.45. The van der Waals surface area contributed by atoms with Crippen LogP contribution in [0, 0.1) is 11.8 Å². The highest BCUT2D eigenvalue weighted by atomic mass is 16.5. The van der Waals surface area contributed by atoms with E-state index < -0.39 is 0 Å². The van der Waals surface area contributed by atoms with Gasteiger partial charge in [-0.3, -0.25) is 14.5 Å². The van der Waals surface area contributed by atoms with Crippen LogP contribution in [-0.2, 0) is 14.3 Å². The highest BCUT2D eigenvalue weighted by Gasteiger charge is 2.28. The molecule has 1 amide bonds. The second-order valence-electron chi connectivity index (χ2n) is 7.03. The smallest absolute Gasteiger partial charge is 0.310 e.